The number of fused-ring (bicyclic) bond motifs is 1. The van der Waals surface area contributed by atoms with Crippen LogP contribution >= 0.6 is 0 Å². The summed E-state index contributed by atoms with van der Waals surface area (Å²) in [6.45, 7) is 1.45. The summed E-state index contributed by atoms with van der Waals surface area (Å²) in [6.07, 6.45) is 1.45. The van der Waals surface area contributed by atoms with Crippen molar-refractivity contribution in [2.75, 3.05) is 0 Å². The zero-order valence-corrected chi connectivity index (χ0v) is 7.40. The van der Waals surface area contributed by atoms with Crippen LogP contribution in [-0.4, -0.2) is 21.0 Å². The Hall–Kier alpha value is -2.22. The molecule has 0 bridgehead atoms. The Morgan fingerprint density at radius 3 is 3.07 bits per heavy atom. The molecule has 0 saturated carbocycles. The maximum Gasteiger partial charge on any atom is 0.182 e. The Kier molecular flexibility index (Phi) is 1.75. The van der Waals surface area contributed by atoms with E-state index in [2.05, 4.69) is 15.2 Å². The number of carbonyl (C=O) groups is 1. The Bertz CT molecular complexity index is 549. The third-order valence-electron chi connectivity index (χ3n) is 1.93. The highest BCUT2D eigenvalue weighted by molar-refractivity contribution is 5.97. The number of aromatic nitrogens is 3. The quantitative estimate of drug-likeness (QED) is 0.674. The zero-order valence-electron chi connectivity index (χ0n) is 7.40. The molecule has 2 aromatic heterocycles. The molecule has 0 unspecified atom stereocenters. The van der Waals surface area contributed by atoms with Crippen molar-refractivity contribution in [3.63, 3.8) is 0 Å². The molecule has 0 fully saturated rings. The first-order chi connectivity index (χ1) is 6.72. The molecule has 0 aliphatic carbocycles. The summed E-state index contributed by atoms with van der Waals surface area (Å²) in [5.74, 6) is -0.0792. The summed E-state index contributed by atoms with van der Waals surface area (Å²) in [7, 11) is 0. The minimum atomic E-state index is -0.0792. The van der Waals surface area contributed by atoms with Gasteiger partial charge in [0.05, 0.1) is 5.39 Å². The smallest absolute Gasteiger partial charge is 0.182 e. The molecule has 2 heterocycles. The van der Waals surface area contributed by atoms with Crippen LogP contribution < -0.4 is 0 Å². The number of ketones is 1. The van der Waals surface area contributed by atoms with E-state index in [0.29, 0.717) is 22.3 Å². The highest BCUT2D eigenvalue weighted by Gasteiger charge is 2.08. The first kappa shape index (κ1) is 8.38. The van der Waals surface area contributed by atoms with Crippen molar-refractivity contribution in [2.45, 2.75) is 6.92 Å². The van der Waals surface area contributed by atoms with Gasteiger partial charge >= 0.3 is 0 Å². The van der Waals surface area contributed by atoms with Crippen LogP contribution in [0, 0.1) is 11.3 Å². The van der Waals surface area contributed by atoms with E-state index in [9.17, 15) is 4.79 Å². The van der Waals surface area contributed by atoms with Crippen LogP contribution in [0.1, 0.15) is 23.0 Å². The second-order valence-corrected chi connectivity index (χ2v) is 2.86. The van der Waals surface area contributed by atoms with E-state index in [0.717, 1.165) is 0 Å². The van der Waals surface area contributed by atoms with Crippen molar-refractivity contribution in [1.82, 2.24) is 15.2 Å². The Morgan fingerprint density at radius 1 is 1.64 bits per heavy atom. The Balaban J connectivity index is 2.75. The predicted molar refractivity (Wildman–Crippen MR) is 48.6 cm³/mol. The molecule has 0 atom stereocenters. The van der Waals surface area contributed by atoms with Crippen LogP contribution in [0.5, 0.6) is 0 Å². The topological polar surface area (TPSA) is 82.4 Å². The molecule has 0 radical (unpaired) electrons. The van der Waals surface area contributed by atoms with Gasteiger partial charge in [0.25, 0.3) is 0 Å². The summed E-state index contributed by atoms with van der Waals surface area (Å²) >= 11 is 0. The monoisotopic (exact) mass is 186 g/mol. The largest absolute Gasteiger partial charge is 0.294 e. The average Bonchev–Trinajstić information content (AvgIpc) is 2.59. The summed E-state index contributed by atoms with van der Waals surface area (Å²) in [4.78, 5) is 15.0. The Morgan fingerprint density at radius 2 is 2.43 bits per heavy atom. The lowest BCUT2D eigenvalue weighted by atomic mass is 10.1. The van der Waals surface area contributed by atoms with Gasteiger partial charge in [-0.05, 0) is 13.0 Å². The molecule has 0 amide bonds. The molecular weight excluding hydrogens is 180 g/mol. The van der Waals surface area contributed by atoms with Crippen molar-refractivity contribution in [2.24, 2.45) is 0 Å². The molecule has 2 rings (SSSR count). The number of hydrogen-bond acceptors (Lipinski definition) is 4. The van der Waals surface area contributed by atoms with Gasteiger partial charge in [-0.25, -0.2) is 4.98 Å². The minimum Gasteiger partial charge on any atom is -0.294 e. The van der Waals surface area contributed by atoms with Gasteiger partial charge in [-0.15, -0.1) is 0 Å². The van der Waals surface area contributed by atoms with Gasteiger partial charge < -0.3 is 0 Å². The second kappa shape index (κ2) is 2.92. The fraction of sp³-hybridized carbons (Fsp3) is 0.111. The maximum atomic E-state index is 11.1. The van der Waals surface area contributed by atoms with Crippen molar-refractivity contribution in [3.8, 4) is 6.07 Å². The number of hydrogen-bond donors (Lipinski definition) is 1. The molecule has 0 spiro atoms. The molecular formula is C9H6N4O. The predicted octanol–water partition coefficient (Wildman–Crippen LogP) is 1.03. The van der Waals surface area contributed by atoms with Gasteiger partial charge in [-0.3, -0.25) is 9.89 Å². The van der Waals surface area contributed by atoms with E-state index < -0.39 is 0 Å². The summed E-state index contributed by atoms with van der Waals surface area (Å²) in [5, 5.41) is 15.7. The van der Waals surface area contributed by atoms with Gasteiger partial charge in [-0.1, -0.05) is 0 Å². The highest BCUT2D eigenvalue weighted by atomic mass is 16.1. The normalized spacial score (nSPS) is 10.0. The number of H-pyrrole nitrogens is 1. The standard InChI is InChI=1S/C9H6N4O/c1-5(14)6-2-7-8(3-10)12-13-9(7)11-4-6/h2,4H,1H3,(H,11,12,13). The van der Waals surface area contributed by atoms with E-state index in [1.807, 2.05) is 6.07 Å². The lowest BCUT2D eigenvalue weighted by molar-refractivity contribution is 0.101. The lowest BCUT2D eigenvalue weighted by Gasteiger charge is -1.93. The van der Waals surface area contributed by atoms with Crippen molar-refractivity contribution < 1.29 is 4.79 Å². The minimum absolute atomic E-state index is 0.0792. The molecule has 0 aliphatic rings. The average molecular weight is 186 g/mol. The number of rotatable bonds is 1. The number of carbonyl (C=O) groups excluding carboxylic acids is 1. The van der Waals surface area contributed by atoms with Crippen LogP contribution in [0.4, 0.5) is 0 Å². The van der Waals surface area contributed by atoms with Crippen LogP contribution in [0.15, 0.2) is 12.3 Å². The number of Topliss-reactive ketones (excluding diaryl/α,β-unsaturated/α-hetero) is 1. The molecule has 0 aliphatic heterocycles. The van der Waals surface area contributed by atoms with Gasteiger partial charge in [0.2, 0.25) is 0 Å². The van der Waals surface area contributed by atoms with Gasteiger partial charge in [0.1, 0.15) is 11.8 Å². The van der Waals surface area contributed by atoms with Gasteiger partial charge in [-0.2, -0.15) is 10.4 Å². The van der Waals surface area contributed by atoms with Crippen molar-refractivity contribution in [1.29, 1.82) is 5.26 Å². The van der Waals surface area contributed by atoms with Crippen molar-refractivity contribution >= 4 is 16.8 Å². The number of pyridine rings is 1. The molecule has 68 valence electrons. The number of nitrogens with zero attached hydrogens (tertiary/aromatic N) is 3. The lowest BCUT2D eigenvalue weighted by Crippen LogP contribution is -1.92. The van der Waals surface area contributed by atoms with Gasteiger partial charge in [0, 0.05) is 11.8 Å². The van der Waals surface area contributed by atoms with Gasteiger partial charge in [0.15, 0.2) is 11.4 Å². The van der Waals surface area contributed by atoms with Crippen LogP contribution in [-0.2, 0) is 0 Å². The molecule has 5 heteroatoms. The van der Waals surface area contributed by atoms with E-state index in [1.54, 1.807) is 6.07 Å². The van der Waals surface area contributed by atoms with E-state index in [1.165, 1.54) is 13.1 Å². The summed E-state index contributed by atoms with van der Waals surface area (Å²) in [5.41, 5.74) is 1.26. The zero-order chi connectivity index (χ0) is 10.1. The first-order valence-electron chi connectivity index (χ1n) is 3.97. The molecule has 5 nitrogen and oxygen atoms in total. The molecule has 0 saturated heterocycles. The maximum absolute atomic E-state index is 11.1. The van der Waals surface area contributed by atoms with Crippen LogP contribution in [0.25, 0.3) is 11.0 Å². The number of nitrogens with one attached hydrogen (secondary N) is 1. The fourth-order valence-corrected chi connectivity index (χ4v) is 1.18. The molecule has 0 aromatic carbocycles. The second-order valence-electron chi connectivity index (χ2n) is 2.86. The first-order valence-corrected chi connectivity index (χ1v) is 3.97. The third kappa shape index (κ3) is 1.13. The number of nitriles is 1. The van der Waals surface area contributed by atoms with Crippen LogP contribution in [0.2, 0.25) is 0 Å². The SMILES string of the molecule is CC(=O)c1cnc2n[nH]c(C#N)c2c1. The highest BCUT2D eigenvalue weighted by Crippen LogP contribution is 2.14. The van der Waals surface area contributed by atoms with E-state index in [-0.39, 0.29) is 5.78 Å². The summed E-state index contributed by atoms with van der Waals surface area (Å²) in [6, 6.07) is 3.56. The van der Waals surface area contributed by atoms with E-state index >= 15 is 0 Å². The summed E-state index contributed by atoms with van der Waals surface area (Å²) < 4.78 is 0. The van der Waals surface area contributed by atoms with Crippen LogP contribution in [0.3, 0.4) is 0 Å². The fourth-order valence-electron chi connectivity index (χ4n) is 1.18. The molecule has 2 aromatic rings. The Labute approximate surface area is 79.4 Å². The number of aromatic amines is 1. The molecule has 1 N–H and O–H groups in total. The molecule has 14 heavy (non-hydrogen) atoms. The van der Waals surface area contributed by atoms with Crippen molar-refractivity contribution in [3.05, 3.63) is 23.5 Å². The third-order valence-corrected chi connectivity index (χ3v) is 1.93. The van der Waals surface area contributed by atoms with E-state index in [4.69, 9.17) is 5.26 Å².